The van der Waals surface area contributed by atoms with Crippen LogP contribution in [0.4, 0.5) is 0 Å². The summed E-state index contributed by atoms with van der Waals surface area (Å²) in [6.07, 6.45) is 1.85. The molecule has 1 unspecified atom stereocenters. The minimum absolute atomic E-state index is 0.00592. The Morgan fingerprint density at radius 1 is 1.32 bits per heavy atom. The summed E-state index contributed by atoms with van der Waals surface area (Å²) in [6.45, 7) is 6.38. The molecule has 0 fully saturated rings. The van der Waals surface area contributed by atoms with Crippen LogP contribution in [0.15, 0.2) is 36.5 Å². The molecule has 1 aromatic heterocycles. The van der Waals surface area contributed by atoms with Crippen LogP contribution in [-0.4, -0.2) is 34.5 Å². The SMILES string of the molecule is CNCC(C)C(=O)NC(C)(C)c1cn(-c2ccccc2)nn1. The van der Waals surface area contributed by atoms with Crippen molar-refractivity contribution >= 4 is 5.91 Å². The highest BCUT2D eigenvalue weighted by atomic mass is 16.2. The number of nitrogens with one attached hydrogen (secondary N) is 2. The van der Waals surface area contributed by atoms with E-state index in [4.69, 9.17) is 0 Å². The molecule has 0 aliphatic rings. The molecule has 0 saturated heterocycles. The second-order valence-electron chi connectivity index (χ2n) is 5.96. The molecular formula is C16H23N5O. The molecule has 0 aliphatic heterocycles. The predicted octanol–water partition coefficient (Wildman–Crippen LogP) is 1.47. The Labute approximate surface area is 130 Å². The zero-order chi connectivity index (χ0) is 16.2. The lowest BCUT2D eigenvalue weighted by molar-refractivity contribution is -0.126. The molecule has 2 aromatic rings. The van der Waals surface area contributed by atoms with E-state index in [1.807, 2.05) is 64.3 Å². The predicted molar refractivity (Wildman–Crippen MR) is 85.6 cm³/mol. The highest BCUT2D eigenvalue weighted by Crippen LogP contribution is 2.19. The quantitative estimate of drug-likeness (QED) is 0.847. The number of benzene rings is 1. The minimum Gasteiger partial charge on any atom is -0.345 e. The van der Waals surface area contributed by atoms with E-state index in [9.17, 15) is 4.79 Å². The van der Waals surface area contributed by atoms with Gasteiger partial charge in [-0.3, -0.25) is 4.79 Å². The second-order valence-corrected chi connectivity index (χ2v) is 5.96. The van der Waals surface area contributed by atoms with E-state index in [0.29, 0.717) is 6.54 Å². The van der Waals surface area contributed by atoms with E-state index in [2.05, 4.69) is 20.9 Å². The molecule has 0 bridgehead atoms. The van der Waals surface area contributed by atoms with Crippen molar-refractivity contribution in [3.63, 3.8) is 0 Å². The maximum Gasteiger partial charge on any atom is 0.224 e. The number of aromatic nitrogens is 3. The maximum atomic E-state index is 12.2. The summed E-state index contributed by atoms with van der Waals surface area (Å²) in [5, 5.41) is 14.4. The smallest absolute Gasteiger partial charge is 0.224 e. The highest BCUT2D eigenvalue weighted by Gasteiger charge is 2.28. The number of nitrogens with zero attached hydrogens (tertiary/aromatic N) is 3. The Balaban J connectivity index is 2.13. The Bertz CT molecular complexity index is 620. The van der Waals surface area contributed by atoms with Gasteiger partial charge in [-0.15, -0.1) is 5.10 Å². The number of carbonyl (C=O) groups is 1. The molecule has 1 atom stereocenters. The average molecular weight is 301 g/mol. The van der Waals surface area contributed by atoms with E-state index < -0.39 is 5.54 Å². The van der Waals surface area contributed by atoms with Crippen molar-refractivity contribution in [1.82, 2.24) is 25.6 Å². The van der Waals surface area contributed by atoms with Gasteiger partial charge < -0.3 is 10.6 Å². The number of hydrogen-bond acceptors (Lipinski definition) is 4. The van der Waals surface area contributed by atoms with Crippen molar-refractivity contribution in [3.05, 3.63) is 42.2 Å². The summed E-state index contributed by atoms with van der Waals surface area (Å²) >= 11 is 0. The average Bonchev–Trinajstić information content (AvgIpc) is 2.98. The van der Waals surface area contributed by atoms with Gasteiger partial charge in [0.1, 0.15) is 5.69 Å². The van der Waals surface area contributed by atoms with Gasteiger partial charge in [-0.05, 0) is 33.0 Å². The van der Waals surface area contributed by atoms with E-state index in [-0.39, 0.29) is 11.8 Å². The fourth-order valence-electron chi connectivity index (χ4n) is 2.15. The zero-order valence-corrected chi connectivity index (χ0v) is 13.5. The molecule has 2 rings (SSSR count). The topological polar surface area (TPSA) is 71.8 Å². The lowest BCUT2D eigenvalue weighted by atomic mass is 10.00. The number of rotatable bonds is 6. The summed E-state index contributed by atoms with van der Waals surface area (Å²) in [5.74, 6) is -0.109. The third kappa shape index (κ3) is 3.71. The lowest BCUT2D eigenvalue weighted by Crippen LogP contribution is -2.45. The van der Waals surface area contributed by atoms with Crippen LogP contribution in [0.25, 0.3) is 5.69 Å². The van der Waals surface area contributed by atoms with Crippen LogP contribution in [-0.2, 0) is 10.3 Å². The van der Waals surface area contributed by atoms with Crippen LogP contribution in [0.5, 0.6) is 0 Å². The highest BCUT2D eigenvalue weighted by molar-refractivity contribution is 5.79. The van der Waals surface area contributed by atoms with Crippen LogP contribution >= 0.6 is 0 Å². The summed E-state index contributed by atoms with van der Waals surface area (Å²) < 4.78 is 1.71. The Kier molecular flexibility index (Phi) is 4.92. The van der Waals surface area contributed by atoms with Crippen LogP contribution in [0.3, 0.4) is 0 Å². The molecule has 1 aromatic carbocycles. The van der Waals surface area contributed by atoms with Crippen LogP contribution in [0, 0.1) is 5.92 Å². The fraction of sp³-hybridized carbons (Fsp3) is 0.438. The van der Waals surface area contributed by atoms with Crippen molar-refractivity contribution in [2.75, 3.05) is 13.6 Å². The van der Waals surface area contributed by atoms with Gasteiger partial charge in [-0.1, -0.05) is 30.3 Å². The van der Waals surface area contributed by atoms with Crippen molar-refractivity contribution < 1.29 is 4.79 Å². The van der Waals surface area contributed by atoms with Crippen molar-refractivity contribution in [2.24, 2.45) is 5.92 Å². The number of para-hydroxylation sites is 1. The van der Waals surface area contributed by atoms with Crippen LogP contribution in [0.1, 0.15) is 26.5 Å². The van der Waals surface area contributed by atoms with E-state index in [1.165, 1.54) is 0 Å². The first-order chi connectivity index (χ1) is 10.4. The lowest BCUT2D eigenvalue weighted by Gasteiger charge is -2.25. The number of amides is 1. The third-order valence-corrected chi connectivity index (χ3v) is 3.55. The van der Waals surface area contributed by atoms with Gasteiger partial charge in [0.15, 0.2) is 0 Å². The summed E-state index contributed by atoms with van der Waals surface area (Å²) in [5.41, 5.74) is 1.08. The number of hydrogen-bond donors (Lipinski definition) is 2. The van der Waals surface area contributed by atoms with Crippen LogP contribution in [0.2, 0.25) is 0 Å². The molecule has 1 amide bonds. The van der Waals surface area contributed by atoms with Crippen molar-refractivity contribution in [3.8, 4) is 5.69 Å². The van der Waals surface area contributed by atoms with Crippen LogP contribution < -0.4 is 10.6 Å². The molecule has 0 radical (unpaired) electrons. The number of carbonyl (C=O) groups excluding carboxylic acids is 1. The zero-order valence-electron chi connectivity index (χ0n) is 13.5. The Hall–Kier alpha value is -2.21. The van der Waals surface area contributed by atoms with E-state index >= 15 is 0 Å². The van der Waals surface area contributed by atoms with Gasteiger partial charge in [0.2, 0.25) is 5.91 Å². The standard InChI is InChI=1S/C16H23N5O/c1-12(10-17-4)15(22)18-16(2,3)14-11-21(20-19-14)13-8-6-5-7-9-13/h5-9,11-12,17H,10H2,1-4H3,(H,18,22). The molecule has 0 saturated carbocycles. The van der Waals surface area contributed by atoms with E-state index in [1.54, 1.807) is 4.68 Å². The third-order valence-electron chi connectivity index (χ3n) is 3.55. The fourth-order valence-corrected chi connectivity index (χ4v) is 2.15. The van der Waals surface area contributed by atoms with Gasteiger partial charge in [0.05, 0.1) is 17.4 Å². The Morgan fingerprint density at radius 2 is 2.00 bits per heavy atom. The second kappa shape index (κ2) is 6.70. The monoisotopic (exact) mass is 301 g/mol. The first-order valence-corrected chi connectivity index (χ1v) is 7.39. The van der Waals surface area contributed by atoms with Gasteiger partial charge in [0.25, 0.3) is 0 Å². The first kappa shape index (κ1) is 16.2. The molecule has 118 valence electrons. The Morgan fingerprint density at radius 3 is 2.64 bits per heavy atom. The summed E-state index contributed by atoms with van der Waals surface area (Å²) in [4.78, 5) is 12.2. The molecule has 22 heavy (non-hydrogen) atoms. The first-order valence-electron chi connectivity index (χ1n) is 7.39. The molecular weight excluding hydrogens is 278 g/mol. The van der Waals surface area contributed by atoms with Gasteiger partial charge in [-0.25, -0.2) is 4.68 Å². The largest absolute Gasteiger partial charge is 0.345 e. The molecule has 0 spiro atoms. The van der Waals surface area contributed by atoms with Gasteiger partial charge >= 0.3 is 0 Å². The molecule has 2 N–H and O–H groups in total. The molecule has 6 nitrogen and oxygen atoms in total. The molecule has 0 aliphatic carbocycles. The molecule has 6 heteroatoms. The van der Waals surface area contributed by atoms with Crippen molar-refractivity contribution in [1.29, 1.82) is 0 Å². The normalized spacial score (nSPS) is 12.9. The summed E-state index contributed by atoms with van der Waals surface area (Å²) in [6, 6.07) is 9.76. The van der Waals surface area contributed by atoms with Crippen molar-refractivity contribution in [2.45, 2.75) is 26.3 Å². The van der Waals surface area contributed by atoms with Gasteiger partial charge in [0, 0.05) is 12.5 Å². The van der Waals surface area contributed by atoms with E-state index in [0.717, 1.165) is 11.4 Å². The molecule has 1 heterocycles. The minimum atomic E-state index is -0.577. The van der Waals surface area contributed by atoms with Gasteiger partial charge in [-0.2, -0.15) is 0 Å². The summed E-state index contributed by atoms with van der Waals surface area (Å²) in [7, 11) is 1.83. The maximum absolute atomic E-state index is 12.2.